The number of ether oxygens (including phenoxy) is 1. The third kappa shape index (κ3) is 3.59. The number of benzene rings is 2. The van der Waals surface area contributed by atoms with Crippen LogP contribution in [0.15, 0.2) is 42.5 Å². The fourth-order valence-electron chi connectivity index (χ4n) is 2.09. The van der Waals surface area contributed by atoms with Crippen LogP contribution in [0.4, 0.5) is 11.4 Å². The van der Waals surface area contributed by atoms with Gasteiger partial charge in [0.15, 0.2) is 0 Å². The molecule has 5 nitrogen and oxygen atoms in total. The predicted molar refractivity (Wildman–Crippen MR) is 84.1 cm³/mol. The van der Waals surface area contributed by atoms with Crippen LogP contribution in [0.25, 0.3) is 0 Å². The van der Waals surface area contributed by atoms with E-state index in [-0.39, 0.29) is 5.91 Å². The summed E-state index contributed by atoms with van der Waals surface area (Å²) in [4.78, 5) is 12.5. The lowest BCUT2D eigenvalue weighted by atomic mass is 10.1. The van der Waals surface area contributed by atoms with Crippen molar-refractivity contribution >= 4 is 17.3 Å². The Kier molecular flexibility index (Phi) is 4.92. The number of rotatable bonds is 5. The molecule has 21 heavy (non-hydrogen) atoms. The molecule has 0 unspecified atom stereocenters. The van der Waals surface area contributed by atoms with Gasteiger partial charge in [-0.25, -0.2) is 0 Å². The lowest BCUT2D eigenvalue weighted by Gasteiger charge is -2.13. The molecule has 110 valence electrons. The number of nitrogens with two attached hydrogens (primary N) is 1. The number of carbonyl (C=O) groups excluding carboxylic acids is 1. The Morgan fingerprint density at radius 1 is 1.19 bits per heavy atom. The van der Waals surface area contributed by atoms with Gasteiger partial charge in [0.25, 0.3) is 5.91 Å². The van der Waals surface area contributed by atoms with Crippen LogP contribution in [0, 0.1) is 6.92 Å². The third-order valence-electron chi connectivity index (χ3n) is 3.14. The number of nitrogen functional groups attached to an aromatic ring is 1. The molecule has 0 radical (unpaired) electrons. The van der Waals surface area contributed by atoms with Gasteiger partial charge in [-0.15, -0.1) is 0 Å². The molecule has 0 atom stereocenters. The molecule has 0 aliphatic heterocycles. The van der Waals surface area contributed by atoms with E-state index in [2.05, 4.69) is 10.7 Å². The summed E-state index contributed by atoms with van der Waals surface area (Å²) in [5.74, 6) is 5.25. The number of hydrazine groups is 1. The zero-order valence-corrected chi connectivity index (χ0v) is 12.1. The van der Waals surface area contributed by atoms with Crippen molar-refractivity contribution in [3.63, 3.8) is 0 Å². The molecule has 0 heterocycles. The van der Waals surface area contributed by atoms with Crippen molar-refractivity contribution in [3.05, 3.63) is 59.2 Å². The van der Waals surface area contributed by atoms with Gasteiger partial charge in [0, 0.05) is 18.4 Å². The van der Waals surface area contributed by atoms with E-state index >= 15 is 0 Å². The van der Waals surface area contributed by atoms with Gasteiger partial charge in [0.2, 0.25) is 0 Å². The summed E-state index contributed by atoms with van der Waals surface area (Å²) < 4.78 is 5.14. The van der Waals surface area contributed by atoms with Crippen molar-refractivity contribution in [3.8, 4) is 0 Å². The molecule has 1 amide bonds. The summed E-state index contributed by atoms with van der Waals surface area (Å²) in [6.45, 7) is 2.36. The first-order chi connectivity index (χ1) is 10.2. The van der Waals surface area contributed by atoms with E-state index in [9.17, 15) is 4.79 Å². The molecule has 4 N–H and O–H groups in total. The van der Waals surface area contributed by atoms with Crippen LogP contribution in [0.5, 0.6) is 0 Å². The van der Waals surface area contributed by atoms with E-state index in [1.165, 1.54) is 0 Å². The van der Waals surface area contributed by atoms with Gasteiger partial charge >= 0.3 is 0 Å². The lowest BCUT2D eigenvalue weighted by molar-refractivity contribution is 0.102. The van der Waals surface area contributed by atoms with Crippen LogP contribution in [0.3, 0.4) is 0 Å². The van der Waals surface area contributed by atoms with Gasteiger partial charge in [-0.3, -0.25) is 10.6 Å². The Balaban J connectivity index is 2.28. The molecular formula is C16H19N3O2. The molecule has 0 aliphatic rings. The molecule has 2 aromatic rings. The lowest BCUT2D eigenvalue weighted by Crippen LogP contribution is -2.18. The van der Waals surface area contributed by atoms with Gasteiger partial charge in [-0.05, 0) is 25.1 Å². The molecular weight excluding hydrogens is 266 g/mol. The van der Waals surface area contributed by atoms with Crippen molar-refractivity contribution in [2.75, 3.05) is 17.9 Å². The van der Waals surface area contributed by atoms with E-state index < -0.39 is 0 Å². The summed E-state index contributed by atoms with van der Waals surface area (Å²) in [7, 11) is 1.62. The van der Waals surface area contributed by atoms with Gasteiger partial charge in [0.05, 0.1) is 17.9 Å². The molecule has 5 heteroatoms. The smallest absolute Gasteiger partial charge is 0.257 e. The number of para-hydroxylation sites is 1. The molecule has 2 rings (SSSR count). The SMILES string of the molecule is COCc1ccccc1NC(=O)c1cc(C)ccc1NN. The number of anilines is 2. The van der Waals surface area contributed by atoms with E-state index in [0.717, 1.165) is 16.8 Å². The number of carbonyl (C=O) groups is 1. The summed E-state index contributed by atoms with van der Waals surface area (Å²) >= 11 is 0. The summed E-state index contributed by atoms with van der Waals surface area (Å²) in [6.07, 6.45) is 0. The number of hydrogen-bond acceptors (Lipinski definition) is 4. The van der Waals surface area contributed by atoms with E-state index in [0.29, 0.717) is 17.9 Å². The van der Waals surface area contributed by atoms with Crippen molar-refractivity contribution in [2.24, 2.45) is 5.84 Å². The highest BCUT2D eigenvalue weighted by molar-refractivity contribution is 6.08. The average Bonchev–Trinajstić information content (AvgIpc) is 2.49. The number of amides is 1. The van der Waals surface area contributed by atoms with E-state index in [1.807, 2.05) is 37.3 Å². The first kappa shape index (κ1) is 15.0. The minimum atomic E-state index is -0.213. The van der Waals surface area contributed by atoms with E-state index in [4.69, 9.17) is 10.6 Å². The molecule has 0 fully saturated rings. The third-order valence-corrected chi connectivity index (χ3v) is 3.14. The van der Waals surface area contributed by atoms with E-state index in [1.54, 1.807) is 19.2 Å². The van der Waals surface area contributed by atoms with Gasteiger partial charge in [-0.2, -0.15) is 0 Å². The second kappa shape index (κ2) is 6.88. The highest BCUT2D eigenvalue weighted by Crippen LogP contribution is 2.21. The van der Waals surface area contributed by atoms with Crippen LogP contribution in [0.2, 0.25) is 0 Å². The summed E-state index contributed by atoms with van der Waals surface area (Å²) in [5, 5.41) is 2.90. The highest BCUT2D eigenvalue weighted by Gasteiger charge is 2.13. The number of methoxy groups -OCH3 is 1. The Morgan fingerprint density at radius 3 is 2.67 bits per heavy atom. The monoisotopic (exact) mass is 285 g/mol. The quantitative estimate of drug-likeness (QED) is 0.583. The van der Waals surface area contributed by atoms with Gasteiger partial charge in [-0.1, -0.05) is 29.8 Å². The van der Waals surface area contributed by atoms with Crippen LogP contribution in [-0.4, -0.2) is 13.0 Å². The molecule has 0 saturated heterocycles. The molecule has 0 aliphatic carbocycles. The van der Waals surface area contributed by atoms with Crippen LogP contribution < -0.4 is 16.6 Å². The first-order valence-electron chi connectivity index (χ1n) is 6.61. The maximum atomic E-state index is 12.5. The molecule has 0 spiro atoms. The minimum Gasteiger partial charge on any atom is -0.380 e. The maximum Gasteiger partial charge on any atom is 0.257 e. The largest absolute Gasteiger partial charge is 0.380 e. The minimum absolute atomic E-state index is 0.213. The Hall–Kier alpha value is -2.37. The normalized spacial score (nSPS) is 10.2. The first-order valence-corrected chi connectivity index (χ1v) is 6.61. The molecule has 0 saturated carbocycles. The fraction of sp³-hybridized carbons (Fsp3) is 0.188. The van der Waals surface area contributed by atoms with Crippen LogP contribution in [0.1, 0.15) is 21.5 Å². The molecule has 0 aromatic heterocycles. The second-order valence-electron chi connectivity index (χ2n) is 4.74. The fourth-order valence-corrected chi connectivity index (χ4v) is 2.09. The topological polar surface area (TPSA) is 76.4 Å². The van der Waals surface area contributed by atoms with Gasteiger partial charge < -0.3 is 15.5 Å². The Morgan fingerprint density at radius 2 is 1.95 bits per heavy atom. The van der Waals surface area contributed by atoms with Crippen LogP contribution >= 0.6 is 0 Å². The highest BCUT2D eigenvalue weighted by atomic mass is 16.5. The summed E-state index contributed by atoms with van der Waals surface area (Å²) in [6, 6.07) is 13.0. The standard InChI is InChI=1S/C16H19N3O2/c1-11-7-8-15(19-17)13(9-11)16(20)18-14-6-4-3-5-12(14)10-21-2/h3-9,19H,10,17H2,1-2H3,(H,18,20). The zero-order valence-electron chi connectivity index (χ0n) is 12.1. The van der Waals surface area contributed by atoms with Gasteiger partial charge in [0.1, 0.15) is 0 Å². The van der Waals surface area contributed by atoms with Crippen molar-refractivity contribution in [2.45, 2.75) is 13.5 Å². The number of hydrogen-bond donors (Lipinski definition) is 3. The average molecular weight is 285 g/mol. The van der Waals surface area contributed by atoms with Crippen LogP contribution in [-0.2, 0) is 11.3 Å². The number of aryl methyl sites for hydroxylation is 1. The Bertz CT molecular complexity index is 641. The molecule has 2 aromatic carbocycles. The predicted octanol–water partition coefficient (Wildman–Crippen LogP) is 2.68. The maximum absolute atomic E-state index is 12.5. The second-order valence-corrected chi connectivity index (χ2v) is 4.74. The number of nitrogens with one attached hydrogen (secondary N) is 2. The van der Waals surface area contributed by atoms with Crippen molar-refractivity contribution in [1.29, 1.82) is 0 Å². The van der Waals surface area contributed by atoms with Crippen molar-refractivity contribution < 1.29 is 9.53 Å². The Labute approximate surface area is 124 Å². The molecule has 0 bridgehead atoms. The summed E-state index contributed by atoms with van der Waals surface area (Å²) in [5.41, 5.74) is 6.27. The zero-order chi connectivity index (χ0) is 15.2. The van der Waals surface area contributed by atoms with Crippen molar-refractivity contribution in [1.82, 2.24) is 0 Å².